The average molecular weight is 400 g/mol. The normalized spacial score (nSPS) is 12.8. The Balaban J connectivity index is 1.55. The van der Waals surface area contributed by atoms with Crippen molar-refractivity contribution >= 4 is 38.9 Å². The second-order valence-electron chi connectivity index (χ2n) is 6.37. The minimum Gasteiger partial charge on any atom is -0.454 e. The van der Waals surface area contributed by atoms with Gasteiger partial charge in [-0.3, -0.25) is 14.9 Å². The molecule has 3 aromatic rings. The maximum Gasteiger partial charge on any atom is 0.338 e. The van der Waals surface area contributed by atoms with E-state index in [2.05, 4.69) is 15.3 Å². The summed E-state index contributed by atoms with van der Waals surface area (Å²) in [4.78, 5) is 44.1. The van der Waals surface area contributed by atoms with Crippen LogP contribution in [0.2, 0.25) is 0 Å². The van der Waals surface area contributed by atoms with Gasteiger partial charge in [-0.15, -0.1) is 11.3 Å². The number of H-pyrrole nitrogens is 1. The number of ether oxygens (including phenoxy) is 1. The first-order valence-corrected chi connectivity index (χ1v) is 9.46. The van der Waals surface area contributed by atoms with Gasteiger partial charge in [0.2, 0.25) is 0 Å². The zero-order chi connectivity index (χ0) is 19.8. The van der Waals surface area contributed by atoms with Crippen molar-refractivity contribution in [3.8, 4) is 0 Å². The number of nitrogens with zero attached hydrogens (tertiary/aromatic N) is 2. The molecule has 1 aromatic carbocycles. The number of carbonyl (C=O) groups is 1. The van der Waals surface area contributed by atoms with Gasteiger partial charge in [-0.2, -0.15) is 0 Å². The van der Waals surface area contributed by atoms with E-state index in [0.717, 1.165) is 30.9 Å². The van der Waals surface area contributed by atoms with Gasteiger partial charge in [0.25, 0.3) is 11.2 Å². The summed E-state index contributed by atoms with van der Waals surface area (Å²) in [6.07, 6.45) is 2.89. The molecule has 144 valence electrons. The minimum atomic E-state index is -0.734. The highest BCUT2D eigenvalue weighted by atomic mass is 32.1. The number of nitro benzene ring substituents is 1. The van der Waals surface area contributed by atoms with Crippen LogP contribution in [0.1, 0.15) is 33.0 Å². The molecule has 0 amide bonds. The first kappa shape index (κ1) is 18.1. The van der Waals surface area contributed by atoms with Gasteiger partial charge in [0.1, 0.15) is 22.9 Å². The number of esters is 1. The van der Waals surface area contributed by atoms with Crippen molar-refractivity contribution in [2.24, 2.45) is 0 Å². The number of aromatic amines is 1. The molecule has 4 rings (SSSR count). The first-order valence-electron chi connectivity index (χ1n) is 8.64. The minimum absolute atomic E-state index is 0.0456. The fraction of sp³-hybridized carbons (Fsp3) is 0.278. The Kier molecular flexibility index (Phi) is 4.55. The second kappa shape index (κ2) is 7.04. The maximum absolute atomic E-state index is 12.4. The molecule has 2 heterocycles. The highest BCUT2D eigenvalue weighted by molar-refractivity contribution is 7.18. The number of benzene rings is 1. The third kappa shape index (κ3) is 3.11. The van der Waals surface area contributed by atoms with Crippen LogP contribution in [0.15, 0.2) is 23.0 Å². The Morgan fingerprint density at radius 3 is 3.00 bits per heavy atom. The molecule has 28 heavy (non-hydrogen) atoms. The molecule has 0 unspecified atom stereocenters. The van der Waals surface area contributed by atoms with Crippen molar-refractivity contribution in [2.75, 3.05) is 12.4 Å². The molecule has 1 aliphatic carbocycles. The van der Waals surface area contributed by atoms with Gasteiger partial charge in [0.15, 0.2) is 0 Å². The number of aromatic nitrogens is 2. The van der Waals surface area contributed by atoms with Crippen molar-refractivity contribution in [3.05, 3.63) is 60.5 Å². The number of nitro groups is 1. The Morgan fingerprint density at radius 1 is 1.43 bits per heavy atom. The highest BCUT2D eigenvalue weighted by Crippen LogP contribution is 2.34. The van der Waals surface area contributed by atoms with E-state index < -0.39 is 10.9 Å². The first-order chi connectivity index (χ1) is 13.5. The Morgan fingerprint density at radius 2 is 2.25 bits per heavy atom. The molecule has 0 radical (unpaired) electrons. The van der Waals surface area contributed by atoms with Crippen LogP contribution in [0.3, 0.4) is 0 Å². The lowest BCUT2D eigenvalue weighted by Gasteiger charge is -2.07. The summed E-state index contributed by atoms with van der Waals surface area (Å²) < 4.78 is 5.19. The zero-order valence-electron chi connectivity index (χ0n) is 14.9. The molecule has 2 N–H and O–H groups in total. The molecule has 10 heteroatoms. The van der Waals surface area contributed by atoms with Crippen molar-refractivity contribution in [3.63, 3.8) is 0 Å². The highest BCUT2D eigenvalue weighted by Gasteiger charge is 2.22. The zero-order valence-corrected chi connectivity index (χ0v) is 15.7. The number of fused-ring (bicyclic) bond motifs is 3. The number of nitrogens with one attached hydrogen (secondary N) is 2. The second-order valence-corrected chi connectivity index (χ2v) is 7.45. The molecule has 0 bridgehead atoms. The predicted octanol–water partition coefficient (Wildman–Crippen LogP) is 2.78. The molecular weight excluding hydrogens is 384 g/mol. The smallest absolute Gasteiger partial charge is 0.338 e. The number of thiophene rings is 1. The van der Waals surface area contributed by atoms with E-state index in [1.807, 2.05) is 0 Å². The summed E-state index contributed by atoms with van der Waals surface area (Å²) in [5.41, 5.74) is 0.963. The molecule has 1 aliphatic rings. The van der Waals surface area contributed by atoms with Crippen LogP contribution < -0.4 is 10.9 Å². The Labute approximate surface area is 162 Å². The van der Waals surface area contributed by atoms with Gasteiger partial charge in [-0.1, -0.05) is 0 Å². The van der Waals surface area contributed by atoms with Gasteiger partial charge < -0.3 is 15.0 Å². The van der Waals surface area contributed by atoms with Gasteiger partial charge in [-0.25, -0.2) is 9.78 Å². The van der Waals surface area contributed by atoms with E-state index in [4.69, 9.17) is 4.74 Å². The van der Waals surface area contributed by atoms with Gasteiger partial charge >= 0.3 is 5.97 Å². The van der Waals surface area contributed by atoms with Crippen LogP contribution >= 0.6 is 11.3 Å². The van der Waals surface area contributed by atoms with E-state index in [9.17, 15) is 19.7 Å². The Hall–Kier alpha value is -3.27. The number of hydrogen-bond donors (Lipinski definition) is 2. The lowest BCUT2D eigenvalue weighted by Crippen LogP contribution is -2.14. The van der Waals surface area contributed by atoms with Crippen molar-refractivity contribution in [1.29, 1.82) is 0 Å². The molecule has 9 nitrogen and oxygen atoms in total. The summed E-state index contributed by atoms with van der Waals surface area (Å²) in [5.74, 6) is -0.491. The van der Waals surface area contributed by atoms with Crippen molar-refractivity contribution in [1.82, 2.24) is 9.97 Å². The number of hydrogen-bond acceptors (Lipinski definition) is 8. The fourth-order valence-electron chi connectivity index (χ4n) is 3.35. The van der Waals surface area contributed by atoms with Gasteiger partial charge in [-0.05, 0) is 37.0 Å². The molecule has 0 saturated heterocycles. The number of aryl methyl sites for hydroxylation is 2. The number of carbonyl (C=O) groups excluding carboxylic acids is 1. The molecule has 0 fully saturated rings. The molecule has 0 atom stereocenters. The summed E-state index contributed by atoms with van der Waals surface area (Å²) in [7, 11) is 1.55. The van der Waals surface area contributed by atoms with E-state index in [1.165, 1.54) is 28.3 Å². The maximum atomic E-state index is 12.4. The quantitative estimate of drug-likeness (QED) is 0.383. The third-order valence-electron chi connectivity index (χ3n) is 4.66. The van der Waals surface area contributed by atoms with Crippen LogP contribution in [0, 0.1) is 10.1 Å². The van der Waals surface area contributed by atoms with Crippen LogP contribution in [0.25, 0.3) is 10.2 Å². The molecule has 0 spiro atoms. The third-order valence-corrected chi connectivity index (χ3v) is 5.85. The molecule has 0 aliphatic heterocycles. The van der Waals surface area contributed by atoms with Crippen LogP contribution in [0.5, 0.6) is 0 Å². The summed E-state index contributed by atoms with van der Waals surface area (Å²) in [5, 5.41) is 14.4. The van der Waals surface area contributed by atoms with E-state index in [-0.39, 0.29) is 29.2 Å². The Bertz CT molecular complexity index is 1170. The van der Waals surface area contributed by atoms with Gasteiger partial charge in [0, 0.05) is 18.0 Å². The standard InChI is InChI=1S/C18H16N4O5S/c1-19-11-6-5-9(7-12(11)22(25)26)18(24)27-8-14-20-16(23)15-10-3-2-4-13(10)28-17(15)21-14/h5-7,19H,2-4,8H2,1H3,(H,20,21,23). The summed E-state index contributed by atoms with van der Waals surface area (Å²) >= 11 is 1.50. The average Bonchev–Trinajstić information content (AvgIpc) is 3.26. The number of anilines is 1. The van der Waals surface area contributed by atoms with Crippen LogP contribution in [-0.2, 0) is 24.2 Å². The molecular formula is C18H16N4O5S. The topological polar surface area (TPSA) is 127 Å². The molecule has 0 saturated carbocycles. The van der Waals surface area contributed by atoms with E-state index in [0.29, 0.717) is 15.9 Å². The molecule has 2 aromatic heterocycles. The van der Waals surface area contributed by atoms with Crippen molar-refractivity contribution in [2.45, 2.75) is 25.9 Å². The summed E-state index contributed by atoms with van der Waals surface area (Å²) in [6.45, 7) is -0.228. The fourth-order valence-corrected chi connectivity index (χ4v) is 4.63. The number of rotatable bonds is 5. The van der Waals surface area contributed by atoms with Crippen LogP contribution in [0.4, 0.5) is 11.4 Å². The van der Waals surface area contributed by atoms with E-state index in [1.54, 1.807) is 7.05 Å². The van der Waals surface area contributed by atoms with Crippen LogP contribution in [-0.4, -0.2) is 27.9 Å². The monoisotopic (exact) mass is 400 g/mol. The lowest BCUT2D eigenvalue weighted by atomic mass is 10.1. The van der Waals surface area contributed by atoms with E-state index >= 15 is 0 Å². The largest absolute Gasteiger partial charge is 0.454 e. The van der Waals surface area contributed by atoms with Gasteiger partial charge in [0.05, 0.1) is 15.9 Å². The lowest BCUT2D eigenvalue weighted by molar-refractivity contribution is -0.384. The SMILES string of the molecule is CNc1ccc(C(=O)OCc2nc3sc4c(c3c(=O)[nH]2)CCC4)cc1[N+](=O)[O-]. The predicted molar refractivity (Wildman–Crippen MR) is 104 cm³/mol. The summed E-state index contributed by atoms with van der Waals surface area (Å²) in [6, 6.07) is 4.02. The van der Waals surface area contributed by atoms with Crippen molar-refractivity contribution < 1.29 is 14.5 Å².